The molecule has 0 bridgehead atoms. The predicted octanol–water partition coefficient (Wildman–Crippen LogP) is -1.60. The van der Waals surface area contributed by atoms with Crippen molar-refractivity contribution in [2.45, 2.75) is 38.0 Å². The lowest BCUT2D eigenvalue weighted by Gasteiger charge is -2.44. The summed E-state index contributed by atoms with van der Waals surface area (Å²) in [5.74, 6) is -3.19. The van der Waals surface area contributed by atoms with Crippen LogP contribution in [-0.2, 0) is 9.59 Å². The topological polar surface area (TPSA) is 267 Å². The Bertz CT molecular complexity index is 1000. The lowest BCUT2D eigenvalue weighted by atomic mass is 9.99. The van der Waals surface area contributed by atoms with Crippen LogP contribution in [0.1, 0.15) is 13.8 Å². The van der Waals surface area contributed by atoms with Gasteiger partial charge in [0.05, 0.1) is 0 Å². The third kappa shape index (κ3) is 11.0. The van der Waals surface area contributed by atoms with Crippen molar-refractivity contribution < 1.29 is 59.4 Å². The largest absolute Gasteiger partial charge is 0.480 e. The van der Waals surface area contributed by atoms with Gasteiger partial charge in [-0.1, -0.05) is 0 Å². The maximum Gasteiger partial charge on any atom is 0.407 e. The molecule has 0 aromatic heterocycles. The minimum absolute atomic E-state index is 0.00121. The second kappa shape index (κ2) is 18.1. The summed E-state index contributed by atoms with van der Waals surface area (Å²) in [6, 6.07) is -5.61. The number of hydrogen-bond acceptors (Lipinski definition) is 10. The van der Waals surface area contributed by atoms with Gasteiger partial charge in [-0.05, 0) is 13.8 Å². The molecular formula is C26H46N8O12. The highest BCUT2D eigenvalue weighted by Gasteiger charge is 2.46. The molecule has 8 N–H and O–H groups in total. The van der Waals surface area contributed by atoms with Gasteiger partial charge in [-0.2, -0.15) is 0 Å². The Hall–Kier alpha value is -4.14. The third-order valence-electron chi connectivity index (χ3n) is 8.19. The monoisotopic (exact) mass is 662 g/mol. The molecule has 2 aliphatic heterocycles. The van der Waals surface area contributed by atoms with E-state index in [0.717, 1.165) is 19.6 Å². The number of nitrogens with zero attached hydrogens (tertiary/aromatic N) is 6. The van der Waals surface area contributed by atoms with E-state index in [-0.39, 0.29) is 91.6 Å². The molecule has 20 nitrogen and oxygen atoms in total. The smallest absolute Gasteiger partial charge is 0.407 e. The van der Waals surface area contributed by atoms with Crippen LogP contribution in [-0.4, -0.2) is 212 Å². The summed E-state index contributed by atoms with van der Waals surface area (Å²) in [5.41, 5.74) is 0. The van der Waals surface area contributed by atoms with Crippen LogP contribution in [0.2, 0.25) is 0 Å². The minimum Gasteiger partial charge on any atom is -0.480 e. The SMILES string of the molecule is CC1CN(C(=O)O)CCNCCN(C(=O)O)CCN1C(C(=O)O)C(C(=O)O)N1CCN(C(=O)O)CCNCCN(C(=O)O)CC1C. The molecule has 0 aromatic carbocycles. The Labute approximate surface area is 265 Å². The fourth-order valence-electron chi connectivity index (χ4n) is 5.75. The van der Waals surface area contributed by atoms with Gasteiger partial charge in [0, 0.05) is 104 Å². The van der Waals surface area contributed by atoms with Crippen LogP contribution in [0, 0.1) is 0 Å². The van der Waals surface area contributed by atoms with E-state index in [4.69, 9.17) is 0 Å². The molecule has 2 heterocycles. The fourth-order valence-corrected chi connectivity index (χ4v) is 5.75. The molecule has 262 valence electrons. The van der Waals surface area contributed by atoms with Crippen LogP contribution >= 0.6 is 0 Å². The summed E-state index contributed by atoms with van der Waals surface area (Å²) in [6.07, 6.45) is -5.13. The van der Waals surface area contributed by atoms with Crippen molar-refractivity contribution in [3.05, 3.63) is 0 Å². The van der Waals surface area contributed by atoms with E-state index in [0.29, 0.717) is 0 Å². The first-order valence-electron chi connectivity index (χ1n) is 15.0. The summed E-state index contributed by atoms with van der Waals surface area (Å²) in [7, 11) is 0. The average molecular weight is 663 g/mol. The van der Waals surface area contributed by atoms with Crippen molar-refractivity contribution in [3.63, 3.8) is 0 Å². The van der Waals surface area contributed by atoms with Crippen LogP contribution in [0.4, 0.5) is 19.2 Å². The van der Waals surface area contributed by atoms with Crippen molar-refractivity contribution >= 4 is 36.3 Å². The maximum atomic E-state index is 13.0. The first kappa shape index (κ1) is 38.0. The summed E-state index contributed by atoms with van der Waals surface area (Å²) in [6.45, 7) is 2.29. The van der Waals surface area contributed by atoms with Crippen LogP contribution in [0.25, 0.3) is 0 Å². The third-order valence-corrected chi connectivity index (χ3v) is 8.19. The van der Waals surface area contributed by atoms with Crippen molar-refractivity contribution in [3.8, 4) is 0 Å². The maximum absolute atomic E-state index is 13.0. The van der Waals surface area contributed by atoms with Gasteiger partial charge < -0.3 is 60.9 Å². The van der Waals surface area contributed by atoms with Crippen LogP contribution < -0.4 is 10.6 Å². The lowest BCUT2D eigenvalue weighted by Crippen LogP contribution is -2.66. The molecule has 2 fully saturated rings. The molecule has 4 amide bonds. The number of carbonyl (C=O) groups is 6. The first-order valence-corrected chi connectivity index (χ1v) is 15.0. The number of nitrogens with one attached hydrogen (secondary N) is 2. The second-order valence-corrected chi connectivity index (χ2v) is 11.2. The molecule has 2 rings (SSSR count). The van der Waals surface area contributed by atoms with Gasteiger partial charge in [0.2, 0.25) is 0 Å². The molecule has 0 spiro atoms. The van der Waals surface area contributed by atoms with Gasteiger partial charge in [0.1, 0.15) is 12.1 Å². The molecule has 0 aliphatic carbocycles. The van der Waals surface area contributed by atoms with Gasteiger partial charge >= 0.3 is 36.3 Å². The molecule has 20 heteroatoms. The molecule has 0 radical (unpaired) electrons. The van der Waals surface area contributed by atoms with Crippen molar-refractivity contribution in [2.75, 3.05) is 91.6 Å². The van der Waals surface area contributed by atoms with E-state index >= 15 is 0 Å². The number of carboxylic acid groups (broad SMARTS) is 6. The molecule has 46 heavy (non-hydrogen) atoms. The number of rotatable bonds is 5. The average Bonchev–Trinajstić information content (AvgIpc) is 2.95. The normalized spacial score (nSPS) is 23.9. The van der Waals surface area contributed by atoms with E-state index in [1.165, 1.54) is 23.6 Å². The molecule has 4 atom stereocenters. The van der Waals surface area contributed by atoms with Crippen molar-refractivity contribution in [1.82, 2.24) is 40.0 Å². The number of carboxylic acids is 2. The van der Waals surface area contributed by atoms with Gasteiger partial charge in [0.15, 0.2) is 0 Å². The highest BCUT2D eigenvalue weighted by Crippen LogP contribution is 2.21. The van der Waals surface area contributed by atoms with Gasteiger partial charge in [-0.3, -0.25) is 19.4 Å². The van der Waals surface area contributed by atoms with E-state index in [1.807, 2.05) is 0 Å². The number of hydrogen-bond donors (Lipinski definition) is 8. The Morgan fingerprint density at radius 3 is 1.02 bits per heavy atom. The molecule has 2 aliphatic rings. The number of amides is 4. The Morgan fingerprint density at radius 1 is 0.478 bits per heavy atom. The highest BCUT2D eigenvalue weighted by atomic mass is 16.4. The Morgan fingerprint density at radius 2 is 0.761 bits per heavy atom. The molecule has 4 unspecified atom stereocenters. The Balaban J connectivity index is 2.64. The molecule has 0 saturated carbocycles. The zero-order valence-electron chi connectivity index (χ0n) is 26.0. The molecule has 0 aromatic rings. The summed E-state index contributed by atoms with van der Waals surface area (Å²) in [4.78, 5) is 80.7. The van der Waals surface area contributed by atoms with E-state index < -0.39 is 60.5 Å². The number of aliphatic carboxylic acids is 2. The summed E-state index contributed by atoms with van der Waals surface area (Å²) in [5, 5.41) is 66.2. The predicted molar refractivity (Wildman–Crippen MR) is 159 cm³/mol. The van der Waals surface area contributed by atoms with Crippen LogP contribution in [0.3, 0.4) is 0 Å². The molecule has 2 saturated heterocycles. The fraction of sp³-hybridized carbons (Fsp3) is 0.769. The second-order valence-electron chi connectivity index (χ2n) is 11.2. The quantitative estimate of drug-likeness (QED) is 0.165. The van der Waals surface area contributed by atoms with E-state index in [1.54, 1.807) is 0 Å². The van der Waals surface area contributed by atoms with Crippen molar-refractivity contribution in [2.24, 2.45) is 0 Å². The van der Waals surface area contributed by atoms with E-state index in [2.05, 4.69) is 10.6 Å². The standard InChI is InChI=1S/C26H46N8O12/c1-17-15-31(25(43)44)9-5-27-3-7-29(23(39)40)11-13-33(17)19(21(35)36)20(22(37)38)34-14-12-30(24(41)42)8-4-28-6-10-32(26(45)46)16-18(34)2/h17-20,27-28H,3-16H2,1-2H3,(H,35,36)(H,37,38)(H,39,40)(H,41,42)(H,43,44)(H,45,46). The lowest BCUT2D eigenvalue weighted by molar-refractivity contribution is -0.160. The van der Waals surface area contributed by atoms with Crippen molar-refractivity contribution in [1.29, 1.82) is 0 Å². The Kier molecular flexibility index (Phi) is 15.0. The van der Waals surface area contributed by atoms with Crippen LogP contribution in [0.15, 0.2) is 0 Å². The zero-order chi connectivity index (χ0) is 34.6. The minimum atomic E-state index is -1.88. The van der Waals surface area contributed by atoms with Crippen LogP contribution in [0.5, 0.6) is 0 Å². The summed E-state index contributed by atoms with van der Waals surface area (Å²) < 4.78 is 0. The molecular weight excluding hydrogens is 616 g/mol. The highest BCUT2D eigenvalue weighted by molar-refractivity contribution is 5.85. The summed E-state index contributed by atoms with van der Waals surface area (Å²) >= 11 is 0. The van der Waals surface area contributed by atoms with Gasteiger partial charge in [-0.25, -0.2) is 19.2 Å². The zero-order valence-corrected chi connectivity index (χ0v) is 26.0. The van der Waals surface area contributed by atoms with E-state index in [9.17, 15) is 59.4 Å². The first-order chi connectivity index (χ1) is 21.6. The van der Waals surface area contributed by atoms with Gasteiger partial charge in [0.25, 0.3) is 0 Å². The van der Waals surface area contributed by atoms with Gasteiger partial charge in [-0.15, -0.1) is 0 Å².